The Balaban J connectivity index is 1.60. The molecule has 6 nitrogen and oxygen atoms in total. The van der Waals surface area contributed by atoms with Gasteiger partial charge in [-0.1, -0.05) is 31.2 Å². The highest BCUT2D eigenvalue weighted by Crippen LogP contribution is 2.31. The van der Waals surface area contributed by atoms with Crippen LogP contribution in [-0.4, -0.2) is 17.5 Å². The van der Waals surface area contributed by atoms with E-state index in [2.05, 4.69) is 17.2 Å². The summed E-state index contributed by atoms with van der Waals surface area (Å²) in [5.41, 5.74) is 7.04. The molecule has 0 aliphatic heterocycles. The number of hydrogen-bond donors (Lipinski definition) is 2. The molecule has 2 aromatic carbocycles. The van der Waals surface area contributed by atoms with Crippen LogP contribution in [0.5, 0.6) is 17.2 Å². The van der Waals surface area contributed by atoms with Gasteiger partial charge < -0.3 is 20.5 Å². The number of nitrogens with zero attached hydrogens (tertiary/aromatic N) is 1. The van der Waals surface area contributed by atoms with E-state index in [0.29, 0.717) is 30.2 Å². The van der Waals surface area contributed by atoms with Crippen molar-refractivity contribution < 1.29 is 14.3 Å². The molecule has 3 rings (SSSR count). The summed E-state index contributed by atoms with van der Waals surface area (Å²) < 4.78 is 11.6. The van der Waals surface area contributed by atoms with Crippen LogP contribution in [-0.2, 0) is 6.54 Å². The van der Waals surface area contributed by atoms with E-state index in [1.807, 2.05) is 48.5 Å². The van der Waals surface area contributed by atoms with E-state index in [-0.39, 0.29) is 11.7 Å². The molecule has 0 fully saturated rings. The molecule has 0 saturated heterocycles. The van der Waals surface area contributed by atoms with Crippen molar-refractivity contribution in [2.24, 2.45) is 0 Å². The summed E-state index contributed by atoms with van der Waals surface area (Å²) in [5, 5.41) is 2.84. The second kappa shape index (κ2) is 9.41. The number of hydrogen-bond acceptors (Lipinski definition) is 5. The van der Waals surface area contributed by atoms with Gasteiger partial charge in [0.2, 0.25) is 0 Å². The van der Waals surface area contributed by atoms with Crippen LogP contribution in [0.15, 0.2) is 66.9 Å². The predicted molar refractivity (Wildman–Crippen MR) is 109 cm³/mol. The number of carbonyl (C=O) groups is 1. The van der Waals surface area contributed by atoms with E-state index in [4.69, 9.17) is 15.2 Å². The van der Waals surface area contributed by atoms with Gasteiger partial charge in [-0.25, -0.2) is 4.98 Å². The van der Waals surface area contributed by atoms with Crippen molar-refractivity contribution in [3.8, 4) is 17.2 Å². The molecule has 3 aromatic rings. The van der Waals surface area contributed by atoms with Crippen LogP contribution in [0, 0.1) is 0 Å². The molecule has 0 bridgehead atoms. The summed E-state index contributed by atoms with van der Waals surface area (Å²) in [5.74, 6) is 2.04. The molecule has 0 aliphatic rings. The summed E-state index contributed by atoms with van der Waals surface area (Å²) >= 11 is 0. The molecule has 0 spiro atoms. The van der Waals surface area contributed by atoms with Crippen LogP contribution >= 0.6 is 0 Å². The number of amides is 1. The second-order valence-corrected chi connectivity index (χ2v) is 6.16. The summed E-state index contributed by atoms with van der Waals surface area (Å²) in [7, 11) is 0. The summed E-state index contributed by atoms with van der Waals surface area (Å²) in [6.07, 6.45) is 2.48. The van der Waals surface area contributed by atoms with E-state index in [0.717, 1.165) is 17.7 Å². The number of rotatable bonds is 8. The van der Waals surface area contributed by atoms with Crippen LogP contribution in [0.1, 0.15) is 29.3 Å². The fraction of sp³-hybridized carbons (Fsp3) is 0.182. The second-order valence-electron chi connectivity index (χ2n) is 6.16. The average Bonchev–Trinajstić information content (AvgIpc) is 2.73. The number of benzene rings is 2. The normalized spacial score (nSPS) is 10.3. The van der Waals surface area contributed by atoms with Gasteiger partial charge in [0.25, 0.3) is 5.91 Å². The van der Waals surface area contributed by atoms with Crippen molar-refractivity contribution in [3.63, 3.8) is 0 Å². The van der Waals surface area contributed by atoms with Gasteiger partial charge in [0.1, 0.15) is 11.6 Å². The average molecular weight is 377 g/mol. The Hall–Kier alpha value is -3.54. The van der Waals surface area contributed by atoms with Crippen molar-refractivity contribution in [2.45, 2.75) is 19.9 Å². The lowest BCUT2D eigenvalue weighted by molar-refractivity contribution is 0.0951. The first-order valence-corrected chi connectivity index (χ1v) is 9.14. The van der Waals surface area contributed by atoms with Crippen LogP contribution in [0.4, 0.5) is 5.82 Å². The third-order valence-corrected chi connectivity index (χ3v) is 4.00. The van der Waals surface area contributed by atoms with Crippen LogP contribution in [0.2, 0.25) is 0 Å². The summed E-state index contributed by atoms with van der Waals surface area (Å²) in [6, 6.07) is 18.4. The van der Waals surface area contributed by atoms with Gasteiger partial charge in [-0.05, 0) is 48.4 Å². The van der Waals surface area contributed by atoms with E-state index >= 15 is 0 Å². The number of nitrogen functional groups attached to an aromatic ring is 1. The lowest BCUT2D eigenvalue weighted by Gasteiger charge is -2.12. The number of para-hydroxylation sites is 2. The SMILES string of the molecule is CCCOc1ccccc1Oc1ccc(CNC(=O)c2cccnc2N)cc1. The van der Waals surface area contributed by atoms with Gasteiger partial charge in [0, 0.05) is 12.7 Å². The van der Waals surface area contributed by atoms with Gasteiger partial charge in [-0.2, -0.15) is 0 Å². The molecule has 6 heteroatoms. The minimum Gasteiger partial charge on any atom is -0.490 e. The van der Waals surface area contributed by atoms with Gasteiger partial charge in [-0.3, -0.25) is 4.79 Å². The zero-order chi connectivity index (χ0) is 19.8. The monoisotopic (exact) mass is 377 g/mol. The minimum atomic E-state index is -0.257. The molecular weight excluding hydrogens is 354 g/mol. The minimum absolute atomic E-state index is 0.215. The Kier molecular flexibility index (Phi) is 6.46. The van der Waals surface area contributed by atoms with Crippen molar-refractivity contribution in [3.05, 3.63) is 78.0 Å². The zero-order valence-corrected chi connectivity index (χ0v) is 15.7. The van der Waals surface area contributed by atoms with Crippen molar-refractivity contribution in [1.82, 2.24) is 10.3 Å². The van der Waals surface area contributed by atoms with E-state index in [1.54, 1.807) is 18.3 Å². The lowest BCUT2D eigenvalue weighted by Crippen LogP contribution is -2.24. The first-order valence-electron chi connectivity index (χ1n) is 9.14. The van der Waals surface area contributed by atoms with Crippen molar-refractivity contribution >= 4 is 11.7 Å². The molecule has 0 radical (unpaired) electrons. The molecule has 144 valence electrons. The third-order valence-electron chi connectivity index (χ3n) is 4.00. The largest absolute Gasteiger partial charge is 0.490 e. The zero-order valence-electron chi connectivity index (χ0n) is 15.7. The molecule has 0 unspecified atom stereocenters. The smallest absolute Gasteiger partial charge is 0.255 e. The number of carbonyl (C=O) groups excluding carboxylic acids is 1. The standard InChI is InChI=1S/C22H23N3O3/c1-2-14-27-19-7-3-4-8-20(19)28-17-11-9-16(10-12-17)15-25-22(26)18-6-5-13-24-21(18)23/h3-13H,2,14-15H2,1H3,(H2,23,24)(H,25,26). The molecule has 1 aromatic heterocycles. The van der Waals surface area contributed by atoms with Crippen molar-refractivity contribution in [2.75, 3.05) is 12.3 Å². The van der Waals surface area contributed by atoms with Crippen LogP contribution in [0.25, 0.3) is 0 Å². The predicted octanol–water partition coefficient (Wildman–Crippen LogP) is 4.17. The Morgan fingerprint density at radius 2 is 1.79 bits per heavy atom. The van der Waals surface area contributed by atoms with Crippen LogP contribution in [0.3, 0.4) is 0 Å². The number of nitrogens with one attached hydrogen (secondary N) is 1. The molecule has 3 N–H and O–H groups in total. The Bertz CT molecular complexity index is 926. The molecule has 0 aliphatic carbocycles. The number of pyridine rings is 1. The van der Waals surface area contributed by atoms with Gasteiger partial charge in [-0.15, -0.1) is 0 Å². The van der Waals surface area contributed by atoms with Gasteiger partial charge in [0.15, 0.2) is 11.5 Å². The maximum Gasteiger partial charge on any atom is 0.255 e. The topological polar surface area (TPSA) is 86.5 Å². The first-order chi connectivity index (χ1) is 13.7. The van der Waals surface area contributed by atoms with Crippen molar-refractivity contribution in [1.29, 1.82) is 0 Å². The van der Waals surface area contributed by atoms with E-state index in [1.165, 1.54) is 0 Å². The maximum atomic E-state index is 12.2. The molecule has 0 atom stereocenters. The van der Waals surface area contributed by atoms with E-state index in [9.17, 15) is 4.79 Å². The Labute approximate surface area is 164 Å². The number of anilines is 1. The molecule has 28 heavy (non-hydrogen) atoms. The first kappa shape index (κ1) is 19.2. The third kappa shape index (κ3) is 5.01. The van der Waals surface area contributed by atoms with Gasteiger partial charge >= 0.3 is 0 Å². The Morgan fingerprint density at radius 1 is 1.04 bits per heavy atom. The number of aromatic nitrogens is 1. The molecule has 0 saturated carbocycles. The van der Waals surface area contributed by atoms with Gasteiger partial charge in [0.05, 0.1) is 12.2 Å². The van der Waals surface area contributed by atoms with Crippen LogP contribution < -0.4 is 20.5 Å². The molecule has 1 heterocycles. The summed E-state index contributed by atoms with van der Waals surface area (Å²) in [4.78, 5) is 16.1. The Morgan fingerprint density at radius 3 is 2.50 bits per heavy atom. The molecule has 1 amide bonds. The lowest BCUT2D eigenvalue weighted by atomic mass is 10.2. The number of ether oxygens (including phenoxy) is 2. The highest BCUT2D eigenvalue weighted by Gasteiger charge is 2.10. The summed E-state index contributed by atoms with van der Waals surface area (Å²) in [6.45, 7) is 3.08. The quantitative estimate of drug-likeness (QED) is 0.615. The fourth-order valence-electron chi connectivity index (χ4n) is 2.56. The highest BCUT2D eigenvalue weighted by molar-refractivity contribution is 5.98. The van der Waals surface area contributed by atoms with E-state index < -0.39 is 0 Å². The fourth-order valence-corrected chi connectivity index (χ4v) is 2.56. The maximum absolute atomic E-state index is 12.2. The number of nitrogens with two attached hydrogens (primary N) is 1. The molecular formula is C22H23N3O3. The highest BCUT2D eigenvalue weighted by atomic mass is 16.5.